The van der Waals surface area contributed by atoms with E-state index in [1.807, 2.05) is 43.3 Å². The van der Waals surface area contributed by atoms with Crippen molar-refractivity contribution in [2.24, 2.45) is 0 Å². The first-order valence-corrected chi connectivity index (χ1v) is 10.1. The highest BCUT2D eigenvalue weighted by molar-refractivity contribution is 9.10. The van der Waals surface area contributed by atoms with Crippen molar-refractivity contribution in [3.63, 3.8) is 0 Å². The molecular formula is C21H22BrN3O3S. The number of halogens is 1. The minimum absolute atomic E-state index is 0.0228. The minimum Gasteiger partial charge on any atom is -0.483 e. The van der Waals surface area contributed by atoms with Gasteiger partial charge in [-0.1, -0.05) is 42.8 Å². The molecule has 0 aromatic heterocycles. The largest absolute Gasteiger partial charge is 0.483 e. The SMILES string of the molecule is CCc1ccc(OCC(=O)NNC(=S)NC(=O)C=Cc2ccc(C)cc2)c(Br)c1. The number of carbonyl (C=O) groups is 2. The summed E-state index contributed by atoms with van der Waals surface area (Å²) in [5.74, 6) is -0.286. The van der Waals surface area contributed by atoms with Crippen molar-refractivity contribution < 1.29 is 14.3 Å². The normalized spacial score (nSPS) is 10.4. The highest BCUT2D eigenvalue weighted by Gasteiger charge is 2.07. The Morgan fingerprint density at radius 3 is 2.52 bits per heavy atom. The zero-order valence-corrected chi connectivity index (χ0v) is 18.5. The van der Waals surface area contributed by atoms with Crippen molar-refractivity contribution in [2.75, 3.05) is 6.61 Å². The second-order valence-electron chi connectivity index (χ2n) is 6.14. The summed E-state index contributed by atoms with van der Waals surface area (Å²) >= 11 is 8.40. The third kappa shape index (κ3) is 8.05. The Morgan fingerprint density at radius 1 is 1.14 bits per heavy atom. The lowest BCUT2D eigenvalue weighted by atomic mass is 10.1. The first kappa shape index (κ1) is 22.6. The standard InChI is InChI=1S/C21H22BrN3O3S/c1-3-15-8-10-18(17(22)12-15)28-13-20(27)24-25-21(29)23-19(26)11-9-16-6-4-14(2)5-7-16/h4-12H,3,13H2,1-2H3,(H,24,27)(H2,23,25,26,29). The maximum atomic E-state index is 11.9. The lowest BCUT2D eigenvalue weighted by Crippen LogP contribution is -2.49. The van der Waals surface area contributed by atoms with Crippen LogP contribution in [0.25, 0.3) is 6.08 Å². The molecule has 2 aromatic carbocycles. The Hall–Kier alpha value is -2.71. The molecule has 0 aliphatic rings. The molecule has 3 N–H and O–H groups in total. The van der Waals surface area contributed by atoms with E-state index in [0.717, 1.165) is 27.6 Å². The molecule has 0 atom stereocenters. The van der Waals surface area contributed by atoms with E-state index in [1.54, 1.807) is 12.1 Å². The topological polar surface area (TPSA) is 79.5 Å². The monoisotopic (exact) mass is 475 g/mol. The Balaban J connectivity index is 1.71. The van der Waals surface area contributed by atoms with Gasteiger partial charge in [-0.25, -0.2) is 0 Å². The van der Waals surface area contributed by atoms with Gasteiger partial charge < -0.3 is 4.74 Å². The Morgan fingerprint density at radius 2 is 1.86 bits per heavy atom. The molecule has 6 nitrogen and oxygen atoms in total. The van der Waals surface area contributed by atoms with E-state index in [-0.39, 0.29) is 11.7 Å². The molecule has 0 aliphatic heterocycles. The van der Waals surface area contributed by atoms with Crippen LogP contribution in [0.3, 0.4) is 0 Å². The summed E-state index contributed by atoms with van der Waals surface area (Å²) in [5.41, 5.74) is 8.03. The second kappa shape index (κ2) is 11.3. The van der Waals surface area contributed by atoms with Crippen LogP contribution >= 0.6 is 28.1 Å². The van der Waals surface area contributed by atoms with Crippen molar-refractivity contribution in [1.29, 1.82) is 0 Å². The average molecular weight is 476 g/mol. The molecule has 152 valence electrons. The molecule has 0 saturated carbocycles. The summed E-state index contributed by atoms with van der Waals surface area (Å²) in [6.07, 6.45) is 3.94. The van der Waals surface area contributed by atoms with Gasteiger partial charge in [0.1, 0.15) is 5.75 Å². The minimum atomic E-state index is -0.441. The fourth-order valence-electron chi connectivity index (χ4n) is 2.22. The molecule has 0 spiro atoms. The molecule has 0 radical (unpaired) electrons. The Bertz CT molecular complexity index is 914. The van der Waals surface area contributed by atoms with Gasteiger partial charge in [-0.15, -0.1) is 0 Å². The van der Waals surface area contributed by atoms with Crippen LogP contribution in [0.5, 0.6) is 5.75 Å². The van der Waals surface area contributed by atoms with Crippen molar-refractivity contribution in [3.8, 4) is 5.75 Å². The molecule has 0 unspecified atom stereocenters. The molecule has 0 bridgehead atoms. The fraction of sp³-hybridized carbons (Fsp3) is 0.190. The van der Waals surface area contributed by atoms with Gasteiger partial charge in [0.15, 0.2) is 11.7 Å². The zero-order valence-electron chi connectivity index (χ0n) is 16.1. The van der Waals surface area contributed by atoms with Crippen LogP contribution in [-0.2, 0) is 16.0 Å². The van der Waals surface area contributed by atoms with E-state index >= 15 is 0 Å². The van der Waals surface area contributed by atoms with E-state index in [9.17, 15) is 9.59 Å². The number of hydrazine groups is 1. The van der Waals surface area contributed by atoms with Crippen molar-refractivity contribution >= 4 is 51.2 Å². The lowest BCUT2D eigenvalue weighted by Gasteiger charge is -2.11. The molecule has 29 heavy (non-hydrogen) atoms. The van der Waals surface area contributed by atoms with Gasteiger partial charge in [0.25, 0.3) is 5.91 Å². The summed E-state index contributed by atoms with van der Waals surface area (Å²) in [5, 5.41) is 2.42. The predicted molar refractivity (Wildman–Crippen MR) is 121 cm³/mol. The summed E-state index contributed by atoms with van der Waals surface area (Å²) in [6.45, 7) is 3.84. The Labute approximate surface area is 183 Å². The molecule has 2 amide bonds. The van der Waals surface area contributed by atoms with Crippen LogP contribution in [0.4, 0.5) is 0 Å². The summed E-state index contributed by atoms with van der Waals surface area (Å²) in [7, 11) is 0. The third-order valence-corrected chi connectivity index (χ3v) is 4.64. The molecule has 0 fully saturated rings. The van der Waals surface area contributed by atoms with Gasteiger partial charge in [-0.2, -0.15) is 0 Å². The average Bonchev–Trinajstić information content (AvgIpc) is 2.70. The van der Waals surface area contributed by atoms with E-state index in [2.05, 4.69) is 39.0 Å². The number of benzene rings is 2. The van der Waals surface area contributed by atoms with Crippen molar-refractivity contribution in [3.05, 3.63) is 69.7 Å². The number of ether oxygens (including phenoxy) is 1. The molecule has 0 saturated heterocycles. The van der Waals surface area contributed by atoms with Gasteiger partial charge >= 0.3 is 0 Å². The molecule has 2 aromatic rings. The number of thiocarbonyl (C=S) groups is 1. The first-order valence-electron chi connectivity index (χ1n) is 8.93. The predicted octanol–water partition coefficient (Wildman–Crippen LogP) is 3.43. The summed E-state index contributed by atoms with van der Waals surface area (Å²) in [6, 6.07) is 13.4. The zero-order chi connectivity index (χ0) is 21.2. The molecule has 0 aliphatic carbocycles. The van der Waals surface area contributed by atoms with Gasteiger partial charge in [-0.05, 0) is 70.8 Å². The van der Waals surface area contributed by atoms with Crippen LogP contribution in [0.15, 0.2) is 53.0 Å². The van der Waals surface area contributed by atoms with Crippen LogP contribution in [0.2, 0.25) is 0 Å². The van der Waals surface area contributed by atoms with Gasteiger partial charge in [0.2, 0.25) is 5.91 Å². The van der Waals surface area contributed by atoms with Gasteiger partial charge in [-0.3, -0.25) is 25.8 Å². The molecule has 0 heterocycles. The number of rotatable bonds is 6. The van der Waals surface area contributed by atoms with Crippen LogP contribution < -0.4 is 20.9 Å². The molecular weight excluding hydrogens is 454 g/mol. The number of hydrogen-bond acceptors (Lipinski definition) is 4. The second-order valence-corrected chi connectivity index (χ2v) is 7.41. The number of amides is 2. The van der Waals surface area contributed by atoms with Crippen LogP contribution in [-0.4, -0.2) is 23.5 Å². The number of nitrogens with one attached hydrogen (secondary N) is 3. The summed E-state index contributed by atoms with van der Waals surface area (Å²) in [4.78, 5) is 23.7. The first-order chi connectivity index (χ1) is 13.9. The quantitative estimate of drug-likeness (QED) is 0.338. The van der Waals surface area contributed by atoms with Crippen molar-refractivity contribution in [1.82, 2.24) is 16.2 Å². The smallest absolute Gasteiger partial charge is 0.276 e. The molecule has 8 heteroatoms. The van der Waals surface area contributed by atoms with Crippen LogP contribution in [0, 0.1) is 6.92 Å². The van der Waals surface area contributed by atoms with E-state index in [1.165, 1.54) is 6.08 Å². The van der Waals surface area contributed by atoms with Crippen LogP contribution in [0.1, 0.15) is 23.6 Å². The third-order valence-electron chi connectivity index (χ3n) is 3.82. The fourth-order valence-corrected chi connectivity index (χ4v) is 2.91. The van der Waals surface area contributed by atoms with E-state index < -0.39 is 11.8 Å². The lowest BCUT2D eigenvalue weighted by molar-refractivity contribution is -0.123. The maximum Gasteiger partial charge on any atom is 0.276 e. The molecule has 2 rings (SSSR count). The number of carbonyl (C=O) groups excluding carboxylic acids is 2. The van der Waals surface area contributed by atoms with Gasteiger partial charge in [0, 0.05) is 6.08 Å². The van der Waals surface area contributed by atoms with E-state index in [4.69, 9.17) is 17.0 Å². The number of aryl methyl sites for hydroxylation is 2. The van der Waals surface area contributed by atoms with Gasteiger partial charge in [0.05, 0.1) is 4.47 Å². The van der Waals surface area contributed by atoms with Crippen molar-refractivity contribution in [2.45, 2.75) is 20.3 Å². The summed E-state index contributed by atoms with van der Waals surface area (Å²) < 4.78 is 6.25. The highest BCUT2D eigenvalue weighted by atomic mass is 79.9. The highest BCUT2D eigenvalue weighted by Crippen LogP contribution is 2.26. The Kier molecular flexibility index (Phi) is 8.82. The van der Waals surface area contributed by atoms with E-state index in [0.29, 0.717) is 5.75 Å². The maximum absolute atomic E-state index is 11.9. The number of hydrogen-bond donors (Lipinski definition) is 3.